The molecule has 0 unspecified atom stereocenters. The van der Waals surface area contributed by atoms with Crippen LogP contribution in [-0.4, -0.2) is 24.9 Å². The normalized spacial score (nSPS) is 19.4. The quantitative estimate of drug-likeness (QED) is 0.551. The fourth-order valence-corrected chi connectivity index (χ4v) is 4.18. The fraction of sp³-hybridized carbons (Fsp3) is 0.208. The molecule has 6 heteroatoms. The lowest BCUT2D eigenvalue weighted by atomic mass is 9.95. The molecule has 0 radical (unpaired) electrons. The highest BCUT2D eigenvalue weighted by atomic mass is 35.5. The van der Waals surface area contributed by atoms with Crippen molar-refractivity contribution in [2.45, 2.75) is 18.7 Å². The monoisotopic (exact) mass is 420 g/mol. The van der Waals surface area contributed by atoms with Crippen LogP contribution in [-0.2, 0) is 0 Å². The Morgan fingerprint density at radius 1 is 0.967 bits per heavy atom. The summed E-state index contributed by atoms with van der Waals surface area (Å²) in [4.78, 5) is 0. The number of ether oxygens (including phenoxy) is 3. The molecule has 2 atom stereocenters. The maximum absolute atomic E-state index is 6.45. The van der Waals surface area contributed by atoms with E-state index in [0.29, 0.717) is 5.02 Å². The first-order valence-corrected chi connectivity index (χ1v) is 10.1. The van der Waals surface area contributed by atoms with Crippen LogP contribution in [0.25, 0.3) is 0 Å². The van der Waals surface area contributed by atoms with Crippen LogP contribution in [0.3, 0.4) is 0 Å². The Balaban J connectivity index is 1.59. The summed E-state index contributed by atoms with van der Waals surface area (Å²) in [6.07, 6.45) is 0.409. The molecular weight excluding hydrogens is 400 g/mol. The summed E-state index contributed by atoms with van der Waals surface area (Å²) < 4.78 is 17.3. The van der Waals surface area contributed by atoms with Crippen LogP contribution < -0.4 is 14.2 Å². The molecule has 0 aromatic heterocycles. The summed E-state index contributed by atoms with van der Waals surface area (Å²) in [5, 5.41) is 7.71. The number of hydrogen-bond acceptors (Lipinski definition) is 5. The SMILES string of the molecule is COc1ccc(C2=NN3[C@H](C2)c2cccc(OC)c2O[C@@H]3c2ccc(Cl)cc2)cc1. The predicted molar refractivity (Wildman–Crippen MR) is 117 cm³/mol. The van der Waals surface area contributed by atoms with Gasteiger partial charge in [-0.1, -0.05) is 35.9 Å². The van der Waals surface area contributed by atoms with Crippen LogP contribution >= 0.6 is 11.6 Å². The number of methoxy groups -OCH3 is 2. The second-order valence-electron chi connectivity index (χ2n) is 7.28. The minimum Gasteiger partial charge on any atom is -0.497 e. The number of benzene rings is 3. The lowest BCUT2D eigenvalue weighted by molar-refractivity contribution is -0.0208. The first-order chi connectivity index (χ1) is 14.7. The van der Waals surface area contributed by atoms with Crippen LogP contribution in [0.1, 0.15) is 35.4 Å². The number of halogens is 1. The number of rotatable bonds is 4. The Labute approximate surface area is 180 Å². The highest BCUT2D eigenvalue weighted by Crippen LogP contribution is 2.50. The molecule has 3 aromatic rings. The lowest BCUT2D eigenvalue weighted by Gasteiger charge is -2.38. The standard InChI is InChI=1S/C24H21ClN2O3/c1-28-18-12-8-15(9-13-18)20-14-21-19-4-3-5-22(29-2)23(19)30-24(27(21)26-20)16-6-10-17(25)11-7-16/h3-13,21,24H,14H2,1-2H3/t21-,24-/m1/s1. The zero-order chi connectivity index (χ0) is 20.7. The molecule has 0 saturated carbocycles. The molecule has 2 aliphatic heterocycles. The number of hydrazone groups is 1. The fourth-order valence-electron chi connectivity index (χ4n) is 4.05. The zero-order valence-corrected chi connectivity index (χ0v) is 17.5. The number of nitrogens with zero attached hydrogens (tertiary/aromatic N) is 2. The molecule has 5 rings (SSSR count). The van der Waals surface area contributed by atoms with E-state index in [1.807, 2.05) is 65.7 Å². The Bertz CT molecular complexity index is 1100. The largest absolute Gasteiger partial charge is 0.497 e. The maximum Gasteiger partial charge on any atom is 0.214 e. The minimum atomic E-state index is -0.369. The van der Waals surface area contributed by atoms with Gasteiger partial charge in [0, 0.05) is 22.6 Å². The van der Waals surface area contributed by atoms with E-state index in [0.717, 1.165) is 46.1 Å². The van der Waals surface area contributed by atoms with Crippen molar-refractivity contribution in [3.8, 4) is 17.2 Å². The highest BCUT2D eigenvalue weighted by Gasteiger charge is 2.42. The van der Waals surface area contributed by atoms with Crippen LogP contribution in [0.5, 0.6) is 17.2 Å². The van der Waals surface area contributed by atoms with Crippen molar-refractivity contribution in [1.82, 2.24) is 5.01 Å². The average molecular weight is 421 g/mol. The predicted octanol–water partition coefficient (Wildman–Crippen LogP) is 5.60. The van der Waals surface area contributed by atoms with Gasteiger partial charge in [0.15, 0.2) is 11.5 Å². The maximum atomic E-state index is 6.45. The van der Waals surface area contributed by atoms with Crippen LogP contribution in [0.15, 0.2) is 71.8 Å². The van der Waals surface area contributed by atoms with Gasteiger partial charge in [-0.25, -0.2) is 5.01 Å². The van der Waals surface area contributed by atoms with Gasteiger partial charge in [0.25, 0.3) is 0 Å². The van der Waals surface area contributed by atoms with Crippen molar-refractivity contribution >= 4 is 17.3 Å². The van der Waals surface area contributed by atoms with Gasteiger partial charge in [0.05, 0.1) is 26.0 Å². The van der Waals surface area contributed by atoms with Gasteiger partial charge >= 0.3 is 0 Å². The van der Waals surface area contributed by atoms with Gasteiger partial charge in [-0.3, -0.25) is 0 Å². The molecular formula is C24H21ClN2O3. The molecule has 30 heavy (non-hydrogen) atoms. The van der Waals surface area contributed by atoms with Crippen LogP contribution in [0.2, 0.25) is 5.02 Å². The third kappa shape index (κ3) is 3.15. The first kappa shape index (κ1) is 18.8. The second kappa shape index (κ2) is 7.58. The number of hydrogen-bond donors (Lipinski definition) is 0. The molecule has 3 aromatic carbocycles. The van der Waals surface area contributed by atoms with E-state index in [2.05, 4.69) is 6.07 Å². The van der Waals surface area contributed by atoms with Crippen LogP contribution in [0.4, 0.5) is 0 Å². The molecule has 0 spiro atoms. The molecule has 2 heterocycles. The Kier molecular flexibility index (Phi) is 4.75. The number of para-hydroxylation sites is 1. The molecule has 5 nitrogen and oxygen atoms in total. The summed E-state index contributed by atoms with van der Waals surface area (Å²) in [5.41, 5.74) is 4.15. The van der Waals surface area contributed by atoms with Gasteiger partial charge in [-0.05, 0) is 48.0 Å². The van der Waals surface area contributed by atoms with E-state index >= 15 is 0 Å². The third-order valence-corrected chi connectivity index (χ3v) is 5.83. The zero-order valence-electron chi connectivity index (χ0n) is 16.7. The van der Waals surface area contributed by atoms with E-state index in [9.17, 15) is 0 Å². The van der Waals surface area contributed by atoms with Gasteiger partial charge in [-0.15, -0.1) is 0 Å². The summed E-state index contributed by atoms with van der Waals surface area (Å²) in [5.74, 6) is 2.32. The van der Waals surface area contributed by atoms with Crippen LogP contribution in [0, 0.1) is 0 Å². The molecule has 0 fully saturated rings. The lowest BCUT2D eigenvalue weighted by Crippen LogP contribution is -2.33. The summed E-state index contributed by atoms with van der Waals surface area (Å²) in [7, 11) is 3.33. The molecule has 0 aliphatic carbocycles. The van der Waals surface area contributed by atoms with E-state index in [1.165, 1.54) is 0 Å². The molecule has 152 valence electrons. The van der Waals surface area contributed by atoms with Gasteiger partial charge < -0.3 is 14.2 Å². The Morgan fingerprint density at radius 2 is 1.73 bits per heavy atom. The molecule has 0 saturated heterocycles. The summed E-state index contributed by atoms with van der Waals surface area (Å²) in [6.45, 7) is 0. The average Bonchev–Trinajstić information content (AvgIpc) is 3.24. The Morgan fingerprint density at radius 3 is 2.43 bits per heavy atom. The molecule has 0 N–H and O–H groups in total. The summed E-state index contributed by atoms with van der Waals surface area (Å²) >= 11 is 6.11. The van der Waals surface area contributed by atoms with Gasteiger partial charge in [0.1, 0.15) is 5.75 Å². The van der Waals surface area contributed by atoms with Gasteiger partial charge in [0.2, 0.25) is 6.23 Å². The first-order valence-electron chi connectivity index (χ1n) is 9.77. The second-order valence-corrected chi connectivity index (χ2v) is 7.71. The third-order valence-electron chi connectivity index (χ3n) is 5.58. The van der Waals surface area contributed by atoms with E-state index in [1.54, 1.807) is 14.2 Å². The molecule has 2 aliphatic rings. The van der Waals surface area contributed by atoms with E-state index in [-0.39, 0.29) is 12.3 Å². The summed E-state index contributed by atoms with van der Waals surface area (Å²) in [6, 6.07) is 21.8. The topological polar surface area (TPSA) is 43.3 Å². The van der Waals surface area contributed by atoms with E-state index in [4.69, 9.17) is 30.9 Å². The smallest absolute Gasteiger partial charge is 0.214 e. The van der Waals surface area contributed by atoms with Crippen molar-refractivity contribution in [1.29, 1.82) is 0 Å². The van der Waals surface area contributed by atoms with Crippen molar-refractivity contribution in [2.75, 3.05) is 14.2 Å². The van der Waals surface area contributed by atoms with Crippen molar-refractivity contribution in [3.63, 3.8) is 0 Å². The highest BCUT2D eigenvalue weighted by molar-refractivity contribution is 6.30. The van der Waals surface area contributed by atoms with Crippen molar-refractivity contribution in [2.24, 2.45) is 5.10 Å². The Hall–Kier alpha value is -3.18. The minimum absolute atomic E-state index is 0.0571. The van der Waals surface area contributed by atoms with E-state index < -0.39 is 0 Å². The molecule has 0 amide bonds. The molecule has 0 bridgehead atoms. The van der Waals surface area contributed by atoms with Crippen molar-refractivity contribution < 1.29 is 14.2 Å². The van der Waals surface area contributed by atoms with Gasteiger partial charge in [-0.2, -0.15) is 5.10 Å². The van der Waals surface area contributed by atoms with Crippen molar-refractivity contribution in [3.05, 3.63) is 88.4 Å². The number of fused-ring (bicyclic) bond motifs is 3.